The number of carbonyl (C=O) groups is 1. The van der Waals surface area contributed by atoms with Crippen LogP contribution in [0.3, 0.4) is 0 Å². The second-order valence-corrected chi connectivity index (χ2v) is 0.789. The van der Waals surface area contributed by atoms with E-state index in [1.807, 2.05) is 0 Å². The van der Waals surface area contributed by atoms with Gasteiger partial charge in [0.25, 0.3) is 0 Å². The Bertz CT molecular complexity index is 88.2. The second-order valence-electron chi connectivity index (χ2n) is 0.789. The molecule has 0 unspecified atom stereocenters. The van der Waals surface area contributed by atoms with Crippen molar-refractivity contribution in [3.8, 4) is 0 Å². The molecule has 0 rings (SSSR count). The predicted octanol–water partition coefficient (Wildman–Crippen LogP) is -0.328. The molecule has 0 aliphatic heterocycles. The molecule has 4 heteroatoms. The molecule has 0 saturated heterocycles. The average molecular weight is 102 g/mol. The Morgan fingerprint density at radius 2 is 2.43 bits per heavy atom. The largest absolute Gasteiger partial charge is 0.761 e. The van der Waals surface area contributed by atoms with Gasteiger partial charge in [-0.3, -0.25) is 0 Å². The molecule has 0 saturated carbocycles. The molecule has 7 heavy (non-hydrogen) atoms. The first-order chi connectivity index (χ1) is 3.27. The predicted molar refractivity (Wildman–Crippen MR) is 23.3 cm³/mol. The van der Waals surface area contributed by atoms with E-state index >= 15 is 0 Å². The zero-order chi connectivity index (χ0) is 5.70. The fraction of sp³-hybridized carbons (Fsp3) is 0. The normalized spacial score (nSPS) is 9.29. The summed E-state index contributed by atoms with van der Waals surface area (Å²) < 4.78 is 0. The van der Waals surface area contributed by atoms with Gasteiger partial charge in [0.15, 0.2) is 0 Å². The standard InChI is InChI=1S/C3H4NO3/c5-3(6)1-2-4-7/h1-2,4H,(H,5,6)/q-1/b2-1-. The van der Waals surface area contributed by atoms with E-state index in [2.05, 4.69) is 0 Å². The van der Waals surface area contributed by atoms with Gasteiger partial charge >= 0.3 is 5.97 Å². The lowest BCUT2D eigenvalue weighted by molar-refractivity contribution is -0.131. The third-order valence-corrected chi connectivity index (χ3v) is 0.294. The minimum Gasteiger partial charge on any atom is -0.761 e. The monoisotopic (exact) mass is 102 g/mol. The van der Waals surface area contributed by atoms with Crippen molar-refractivity contribution in [2.45, 2.75) is 0 Å². The van der Waals surface area contributed by atoms with Crippen molar-refractivity contribution in [1.82, 2.24) is 5.48 Å². The number of carboxylic acids is 1. The molecule has 0 aromatic heterocycles. The topological polar surface area (TPSA) is 72.4 Å². The summed E-state index contributed by atoms with van der Waals surface area (Å²) in [6, 6.07) is 0. The third-order valence-electron chi connectivity index (χ3n) is 0.294. The zero-order valence-electron chi connectivity index (χ0n) is 3.42. The van der Waals surface area contributed by atoms with Crippen LogP contribution in [0.2, 0.25) is 0 Å². The van der Waals surface area contributed by atoms with Gasteiger partial charge in [0.05, 0.1) is 0 Å². The molecule has 0 spiro atoms. The molecule has 0 fully saturated rings. The van der Waals surface area contributed by atoms with Gasteiger partial charge < -0.3 is 15.8 Å². The molecule has 0 atom stereocenters. The van der Waals surface area contributed by atoms with Crippen LogP contribution in [-0.4, -0.2) is 11.1 Å². The summed E-state index contributed by atoms with van der Waals surface area (Å²) in [5, 5.41) is 17.0. The SMILES string of the molecule is O=C(O)/C=C\N[O-]. The molecular weight excluding hydrogens is 98.0 g/mol. The highest BCUT2D eigenvalue weighted by Crippen LogP contribution is 1.63. The van der Waals surface area contributed by atoms with Gasteiger partial charge in [0, 0.05) is 6.08 Å². The van der Waals surface area contributed by atoms with Crippen LogP contribution in [0.15, 0.2) is 12.3 Å². The summed E-state index contributed by atoms with van der Waals surface area (Å²) >= 11 is 0. The van der Waals surface area contributed by atoms with Gasteiger partial charge in [-0.25, -0.2) is 4.79 Å². The van der Waals surface area contributed by atoms with E-state index in [4.69, 9.17) is 5.11 Å². The molecule has 0 aliphatic rings. The van der Waals surface area contributed by atoms with Crippen molar-refractivity contribution in [2.24, 2.45) is 0 Å². The molecule has 0 heterocycles. The van der Waals surface area contributed by atoms with Crippen molar-refractivity contribution in [3.63, 3.8) is 0 Å². The number of hydrogen-bond acceptors (Lipinski definition) is 3. The van der Waals surface area contributed by atoms with E-state index in [1.54, 1.807) is 0 Å². The maximum absolute atomic E-state index is 9.49. The highest BCUT2D eigenvalue weighted by atomic mass is 16.5. The Hall–Kier alpha value is -1.03. The van der Waals surface area contributed by atoms with Crippen molar-refractivity contribution in [2.75, 3.05) is 0 Å². The van der Waals surface area contributed by atoms with Crippen LogP contribution < -0.4 is 5.48 Å². The number of nitrogens with one attached hydrogen (secondary N) is 1. The van der Waals surface area contributed by atoms with E-state index in [9.17, 15) is 10.0 Å². The molecule has 40 valence electrons. The molecule has 0 aromatic carbocycles. The van der Waals surface area contributed by atoms with Crippen LogP contribution in [0.1, 0.15) is 0 Å². The van der Waals surface area contributed by atoms with Crippen LogP contribution in [-0.2, 0) is 4.79 Å². The maximum Gasteiger partial charge on any atom is 0.329 e. The minimum absolute atomic E-state index is 0.715. The second kappa shape index (κ2) is 3.17. The molecule has 0 amide bonds. The first-order valence-electron chi connectivity index (χ1n) is 1.54. The lowest BCUT2D eigenvalue weighted by atomic mass is 10.6. The molecular formula is C3H4NO3-. The summed E-state index contributed by atoms with van der Waals surface area (Å²) in [4.78, 5) is 9.49. The van der Waals surface area contributed by atoms with Crippen molar-refractivity contribution < 1.29 is 9.90 Å². The molecule has 2 N–H and O–H groups in total. The minimum atomic E-state index is -1.14. The van der Waals surface area contributed by atoms with Gasteiger partial charge in [-0.05, 0) is 6.20 Å². The molecule has 0 radical (unpaired) electrons. The first kappa shape index (κ1) is 5.97. The quantitative estimate of drug-likeness (QED) is 0.370. The number of hydrogen-bond donors (Lipinski definition) is 2. The van der Waals surface area contributed by atoms with E-state index in [0.717, 1.165) is 6.20 Å². The number of rotatable bonds is 2. The van der Waals surface area contributed by atoms with Crippen molar-refractivity contribution in [3.05, 3.63) is 17.5 Å². The highest BCUT2D eigenvalue weighted by Gasteiger charge is 1.77. The Balaban J connectivity index is 3.26. The Kier molecular flexibility index (Phi) is 2.70. The van der Waals surface area contributed by atoms with Crippen LogP contribution in [0, 0.1) is 5.21 Å². The summed E-state index contributed by atoms with van der Waals surface area (Å²) in [7, 11) is 0. The first-order valence-corrected chi connectivity index (χ1v) is 1.54. The van der Waals surface area contributed by atoms with Gasteiger partial charge in [-0.15, -0.1) is 0 Å². The van der Waals surface area contributed by atoms with E-state index in [1.165, 1.54) is 5.48 Å². The number of carboxylic acid groups (broad SMARTS) is 1. The lowest BCUT2D eigenvalue weighted by Gasteiger charge is -1.95. The Morgan fingerprint density at radius 1 is 1.86 bits per heavy atom. The Morgan fingerprint density at radius 3 is 2.57 bits per heavy atom. The van der Waals surface area contributed by atoms with E-state index in [0.29, 0.717) is 6.08 Å². The van der Waals surface area contributed by atoms with Gasteiger partial charge in [0.2, 0.25) is 0 Å². The molecule has 0 aliphatic carbocycles. The third kappa shape index (κ3) is 4.97. The van der Waals surface area contributed by atoms with E-state index < -0.39 is 5.97 Å². The maximum atomic E-state index is 9.49. The van der Waals surface area contributed by atoms with E-state index in [-0.39, 0.29) is 0 Å². The fourth-order valence-corrected chi connectivity index (χ4v) is 0.105. The summed E-state index contributed by atoms with van der Waals surface area (Å²) in [6.07, 6.45) is 1.51. The Labute approximate surface area is 40.0 Å². The van der Waals surface area contributed by atoms with Gasteiger partial charge in [-0.1, -0.05) is 0 Å². The number of hydroxylamine groups is 1. The van der Waals surface area contributed by atoms with Crippen molar-refractivity contribution >= 4 is 5.97 Å². The van der Waals surface area contributed by atoms with Crippen LogP contribution >= 0.6 is 0 Å². The molecule has 0 aromatic rings. The van der Waals surface area contributed by atoms with Crippen LogP contribution in [0.4, 0.5) is 0 Å². The smallest absolute Gasteiger partial charge is 0.329 e. The molecule has 0 bridgehead atoms. The van der Waals surface area contributed by atoms with Crippen LogP contribution in [0.5, 0.6) is 0 Å². The van der Waals surface area contributed by atoms with Crippen LogP contribution in [0.25, 0.3) is 0 Å². The summed E-state index contributed by atoms with van der Waals surface area (Å²) in [5.74, 6) is -1.14. The fourth-order valence-electron chi connectivity index (χ4n) is 0.105. The van der Waals surface area contributed by atoms with Gasteiger partial charge in [-0.2, -0.15) is 0 Å². The lowest BCUT2D eigenvalue weighted by Crippen LogP contribution is -1.92. The van der Waals surface area contributed by atoms with Crippen molar-refractivity contribution in [1.29, 1.82) is 0 Å². The van der Waals surface area contributed by atoms with Gasteiger partial charge in [0.1, 0.15) is 0 Å². The average Bonchev–Trinajstić information content (AvgIpc) is 1.61. The summed E-state index contributed by atoms with van der Waals surface area (Å²) in [5.41, 5.74) is 1.29. The summed E-state index contributed by atoms with van der Waals surface area (Å²) in [6.45, 7) is 0. The highest BCUT2D eigenvalue weighted by molar-refractivity contribution is 5.79. The zero-order valence-corrected chi connectivity index (χ0v) is 3.42. The number of aliphatic carboxylic acids is 1. The molecule has 4 nitrogen and oxygen atoms in total.